The minimum atomic E-state index is -0.257. The number of aliphatic hydroxyl groups is 1. The van der Waals surface area contributed by atoms with Crippen molar-refractivity contribution in [2.45, 2.75) is 25.6 Å². The molecular formula is C12H17NO2. The molecule has 1 atom stereocenters. The molecule has 0 amide bonds. The smallest absolute Gasteiger partial charge is 0.118 e. The van der Waals surface area contributed by atoms with E-state index in [0.717, 1.165) is 31.7 Å². The molecule has 1 fully saturated rings. The van der Waals surface area contributed by atoms with E-state index in [4.69, 9.17) is 4.74 Å². The molecule has 1 aromatic rings. The lowest BCUT2D eigenvalue weighted by Crippen LogP contribution is -2.28. The molecule has 3 nitrogen and oxygen atoms in total. The Kier molecular flexibility index (Phi) is 3.23. The van der Waals surface area contributed by atoms with Crippen LogP contribution in [0.2, 0.25) is 0 Å². The van der Waals surface area contributed by atoms with Crippen LogP contribution in [-0.4, -0.2) is 29.9 Å². The lowest BCUT2D eigenvalue weighted by atomic mass is 10.2. The van der Waals surface area contributed by atoms with Crippen molar-refractivity contribution in [3.05, 3.63) is 29.8 Å². The van der Waals surface area contributed by atoms with Crippen LogP contribution in [0.3, 0.4) is 0 Å². The SMILES string of the molecule is COc1ccc(CN2CCCC2O)cc1. The molecule has 1 aliphatic rings. The van der Waals surface area contributed by atoms with E-state index in [1.54, 1.807) is 7.11 Å². The summed E-state index contributed by atoms with van der Waals surface area (Å²) in [6, 6.07) is 8.00. The minimum absolute atomic E-state index is 0.257. The quantitative estimate of drug-likeness (QED) is 0.817. The Hall–Kier alpha value is -1.06. The van der Waals surface area contributed by atoms with Gasteiger partial charge in [0.25, 0.3) is 0 Å². The molecule has 0 saturated carbocycles. The number of ether oxygens (including phenoxy) is 1. The molecule has 0 spiro atoms. The van der Waals surface area contributed by atoms with Crippen LogP contribution in [0.5, 0.6) is 5.75 Å². The van der Waals surface area contributed by atoms with Gasteiger partial charge >= 0.3 is 0 Å². The topological polar surface area (TPSA) is 32.7 Å². The Bertz CT molecular complexity index is 310. The van der Waals surface area contributed by atoms with E-state index in [-0.39, 0.29) is 6.23 Å². The molecule has 82 valence electrons. The third-order valence-corrected chi connectivity index (χ3v) is 2.87. The van der Waals surface area contributed by atoms with E-state index in [0.29, 0.717) is 0 Å². The van der Waals surface area contributed by atoms with Gasteiger partial charge in [0.1, 0.15) is 12.0 Å². The number of benzene rings is 1. The minimum Gasteiger partial charge on any atom is -0.497 e. The number of likely N-dealkylation sites (tertiary alicyclic amines) is 1. The van der Waals surface area contributed by atoms with Gasteiger partial charge in [-0.05, 0) is 30.5 Å². The van der Waals surface area contributed by atoms with Gasteiger partial charge < -0.3 is 9.84 Å². The molecule has 15 heavy (non-hydrogen) atoms. The second-order valence-electron chi connectivity index (χ2n) is 3.94. The summed E-state index contributed by atoms with van der Waals surface area (Å²) in [4.78, 5) is 2.10. The monoisotopic (exact) mass is 207 g/mol. The normalized spacial score (nSPS) is 21.9. The van der Waals surface area contributed by atoms with Crippen LogP contribution in [0.1, 0.15) is 18.4 Å². The zero-order valence-electron chi connectivity index (χ0n) is 9.02. The number of methoxy groups -OCH3 is 1. The van der Waals surface area contributed by atoms with Crippen molar-refractivity contribution in [2.75, 3.05) is 13.7 Å². The van der Waals surface area contributed by atoms with Gasteiger partial charge in [0.05, 0.1) is 7.11 Å². The summed E-state index contributed by atoms with van der Waals surface area (Å²) in [7, 11) is 1.67. The summed E-state index contributed by atoms with van der Waals surface area (Å²) in [6.45, 7) is 1.82. The molecule has 1 saturated heterocycles. The van der Waals surface area contributed by atoms with Gasteiger partial charge in [-0.25, -0.2) is 0 Å². The maximum Gasteiger partial charge on any atom is 0.118 e. The van der Waals surface area contributed by atoms with E-state index in [9.17, 15) is 5.11 Å². The maximum atomic E-state index is 9.65. The molecule has 1 N–H and O–H groups in total. The van der Waals surface area contributed by atoms with Gasteiger partial charge in [0.15, 0.2) is 0 Å². The highest BCUT2D eigenvalue weighted by molar-refractivity contribution is 5.27. The van der Waals surface area contributed by atoms with Gasteiger partial charge in [-0.15, -0.1) is 0 Å². The Morgan fingerprint density at radius 1 is 1.40 bits per heavy atom. The molecule has 1 aliphatic heterocycles. The molecular weight excluding hydrogens is 190 g/mol. The summed E-state index contributed by atoms with van der Waals surface area (Å²) >= 11 is 0. The molecule has 3 heteroatoms. The average molecular weight is 207 g/mol. The standard InChI is InChI=1S/C12H17NO2/c1-15-11-6-4-10(5-7-11)9-13-8-2-3-12(13)14/h4-7,12,14H,2-3,8-9H2,1H3. The van der Waals surface area contributed by atoms with Crippen molar-refractivity contribution in [1.82, 2.24) is 4.90 Å². The average Bonchev–Trinajstić information content (AvgIpc) is 2.66. The largest absolute Gasteiger partial charge is 0.497 e. The number of nitrogens with zero attached hydrogens (tertiary/aromatic N) is 1. The number of aliphatic hydroxyl groups excluding tert-OH is 1. The fourth-order valence-corrected chi connectivity index (χ4v) is 1.96. The van der Waals surface area contributed by atoms with E-state index < -0.39 is 0 Å². The molecule has 0 aromatic heterocycles. The van der Waals surface area contributed by atoms with Gasteiger partial charge in [-0.3, -0.25) is 4.90 Å². The zero-order valence-corrected chi connectivity index (χ0v) is 9.02. The lowest BCUT2D eigenvalue weighted by Gasteiger charge is -2.19. The second kappa shape index (κ2) is 4.64. The van der Waals surface area contributed by atoms with Crippen molar-refractivity contribution < 1.29 is 9.84 Å². The summed E-state index contributed by atoms with van der Waals surface area (Å²) in [5.41, 5.74) is 1.22. The Morgan fingerprint density at radius 2 is 2.13 bits per heavy atom. The summed E-state index contributed by atoms with van der Waals surface area (Å²) in [5, 5.41) is 9.65. The van der Waals surface area contributed by atoms with Gasteiger partial charge in [0, 0.05) is 13.1 Å². The maximum absolute atomic E-state index is 9.65. The molecule has 1 heterocycles. The number of hydrogen-bond donors (Lipinski definition) is 1. The van der Waals surface area contributed by atoms with Crippen LogP contribution >= 0.6 is 0 Å². The fourth-order valence-electron chi connectivity index (χ4n) is 1.96. The van der Waals surface area contributed by atoms with Crippen molar-refractivity contribution >= 4 is 0 Å². The first-order chi connectivity index (χ1) is 7.29. The molecule has 0 aliphatic carbocycles. The zero-order chi connectivity index (χ0) is 10.7. The van der Waals surface area contributed by atoms with Gasteiger partial charge in [0.2, 0.25) is 0 Å². The Balaban J connectivity index is 1.98. The van der Waals surface area contributed by atoms with E-state index in [1.165, 1.54) is 5.56 Å². The third-order valence-electron chi connectivity index (χ3n) is 2.87. The fraction of sp³-hybridized carbons (Fsp3) is 0.500. The Morgan fingerprint density at radius 3 is 2.67 bits per heavy atom. The van der Waals surface area contributed by atoms with Crippen LogP contribution in [0.15, 0.2) is 24.3 Å². The molecule has 1 aromatic carbocycles. The summed E-state index contributed by atoms with van der Waals surface area (Å²) < 4.78 is 5.10. The first kappa shape index (κ1) is 10.5. The second-order valence-corrected chi connectivity index (χ2v) is 3.94. The molecule has 2 rings (SSSR count). The van der Waals surface area contributed by atoms with Gasteiger partial charge in [-0.1, -0.05) is 12.1 Å². The Labute approximate surface area is 90.3 Å². The van der Waals surface area contributed by atoms with Crippen LogP contribution in [0.4, 0.5) is 0 Å². The highest BCUT2D eigenvalue weighted by Crippen LogP contribution is 2.19. The van der Waals surface area contributed by atoms with E-state index in [1.807, 2.05) is 24.3 Å². The van der Waals surface area contributed by atoms with Crippen LogP contribution in [0.25, 0.3) is 0 Å². The van der Waals surface area contributed by atoms with Crippen LogP contribution in [-0.2, 0) is 6.54 Å². The van der Waals surface area contributed by atoms with Crippen molar-refractivity contribution in [1.29, 1.82) is 0 Å². The van der Waals surface area contributed by atoms with Crippen molar-refractivity contribution in [3.8, 4) is 5.75 Å². The predicted octanol–water partition coefficient (Wildman–Crippen LogP) is 1.61. The van der Waals surface area contributed by atoms with Crippen LogP contribution in [0, 0.1) is 0 Å². The highest BCUT2D eigenvalue weighted by Gasteiger charge is 2.21. The lowest BCUT2D eigenvalue weighted by molar-refractivity contribution is 0.0328. The first-order valence-electron chi connectivity index (χ1n) is 5.34. The third kappa shape index (κ3) is 2.49. The van der Waals surface area contributed by atoms with Crippen molar-refractivity contribution in [2.24, 2.45) is 0 Å². The van der Waals surface area contributed by atoms with E-state index >= 15 is 0 Å². The van der Waals surface area contributed by atoms with E-state index in [2.05, 4.69) is 4.90 Å². The van der Waals surface area contributed by atoms with Gasteiger partial charge in [-0.2, -0.15) is 0 Å². The number of hydrogen-bond acceptors (Lipinski definition) is 3. The first-order valence-corrected chi connectivity index (χ1v) is 5.34. The number of rotatable bonds is 3. The molecule has 1 unspecified atom stereocenters. The summed E-state index contributed by atoms with van der Waals surface area (Å²) in [5.74, 6) is 0.876. The predicted molar refractivity (Wildman–Crippen MR) is 58.6 cm³/mol. The molecule has 0 bridgehead atoms. The summed E-state index contributed by atoms with van der Waals surface area (Å²) in [6.07, 6.45) is 1.74. The van der Waals surface area contributed by atoms with Crippen LogP contribution < -0.4 is 4.74 Å². The molecule has 0 radical (unpaired) electrons. The van der Waals surface area contributed by atoms with Crippen molar-refractivity contribution in [3.63, 3.8) is 0 Å². The highest BCUT2D eigenvalue weighted by atomic mass is 16.5.